The monoisotopic (exact) mass is 436 g/mol. The Morgan fingerprint density at radius 2 is 1.75 bits per heavy atom. The van der Waals surface area contributed by atoms with Crippen molar-refractivity contribution in [2.45, 2.75) is 32.7 Å². The lowest BCUT2D eigenvalue weighted by Gasteiger charge is -2.27. The fourth-order valence-corrected chi connectivity index (χ4v) is 3.28. The predicted octanol–water partition coefficient (Wildman–Crippen LogP) is 4.31. The molecule has 0 fully saturated rings. The summed E-state index contributed by atoms with van der Waals surface area (Å²) < 4.78 is 16.4. The van der Waals surface area contributed by atoms with Gasteiger partial charge in [-0.3, -0.25) is 4.99 Å². The zero-order valence-corrected chi connectivity index (χ0v) is 19.7. The van der Waals surface area contributed by atoms with Crippen LogP contribution in [0.2, 0.25) is 0 Å². The smallest absolute Gasteiger partial charge is 0.226 e. The Balaban J connectivity index is 1.58. The number of aliphatic imine (C=N–C) groups is 1. The average Bonchev–Trinajstić information content (AvgIpc) is 3.28. The Morgan fingerprint density at radius 3 is 2.41 bits per heavy atom. The topological polar surface area (TPSA) is 80.9 Å². The summed E-state index contributed by atoms with van der Waals surface area (Å²) in [6.45, 7) is 7.57. The van der Waals surface area contributed by atoms with E-state index < -0.39 is 0 Å². The lowest BCUT2D eigenvalue weighted by atomic mass is 9.84. The van der Waals surface area contributed by atoms with Crippen molar-refractivity contribution in [2.75, 3.05) is 27.8 Å². The van der Waals surface area contributed by atoms with Crippen molar-refractivity contribution in [1.29, 1.82) is 0 Å². The molecule has 0 saturated heterocycles. The number of hydrogen-bond donors (Lipinski definition) is 2. The molecule has 2 N–H and O–H groups in total. The summed E-state index contributed by atoms with van der Waals surface area (Å²) in [5, 5.41) is 6.69. The number of aryl methyl sites for hydroxylation is 1. The van der Waals surface area contributed by atoms with E-state index in [0.717, 1.165) is 28.3 Å². The number of benzene rings is 2. The van der Waals surface area contributed by atoms with Crippen LogP contribution in [0.4, 0.5) is 0 Å². The van der Waals surface area contributed by atoms with Crippen molar-refractivity contribution >= 4 is 5.96 Å². The van der Waals surface area contributed by atoms with E-state index in [1.165, 1.54) is 5.56 Å². The molecule has 3 aromatic rings. The van der Waals surface area contributed by atoms with Crippen LogP contribution < -0.4 is 20.1 Å². The van der Waals surface area contributed by atoms with Gasteiger partial charge in [-0.1, -0.05) is 37.6 Å². The first-order chi connectivity index (χ1) is 15.4. The Labute approximate surface area is 189 Å². The van der Waals surface area contributed by atoms with Crippen molar-refractivity contribution < 1.29 is 13.9 Å². The molecule has 0 spiro atoms. The van der Waals surface area contributed by atoms with Crippen LogP contribution in [0.25, 0.3) is 11.5 Å². The average molecular weight is 437 g/mol. The number of aromatic nitrogens is 1. The lowest BCUT2D eigenvalue weighted by Crippen LogP contribution is -2.43. The van der Waals surface area contributed by atoms with Crippen molar-refractivity contribution in [3.05, 3.63) is 65.5 Å². The van der Waals surface area contributed by atoms with Gasteiger partial charge < -0.3 is 24.5 Å². The van der Waals surface area contributed by atoms with E-state index in [4.69, 9.17) is 13.9 Å². The van der Waals surface area contributed by atoms with Crippen LogP contribution in [0, 0.1) is 6.92 Å². The van der Waals surface area contributed by atoms with Crippen LogP contribution in [0.5, 0.6) is 11.5 Å². The molecule has 0 unspecified atom stereocenters. The molecule has 0 aliphatic heterocycles. The number of methoxy groups -OCH3 is 2. The van der Waals surface area contributed by atoms with Crippen molar-refractivity contribution in [3.8, 4) is 23.0 Å². The third-order valence-electron chi connectivity index (χ3n) is 5.37. The second-order valence-corrected chi connectivity index (χ2v) is 8.24. The standard InChI is InChI=1S/C25H32N4O3/c1-17-7-9-18(10-8-17)23-29-20(15-32-23)14-27-24(26-4)28-16-25(2,3)19-11-12-21(30-5)22(13-19)31-6/h7-13,15H,14,16H2,1-6H3,(H2,26,27,28). The minimum atomic E-state index is -0.163. The molecule has 0 aliphatic rings. The molecule has 0 atom stereocenters. The number of ether oxygens (including phenoxy) is 2. The summed E-state index contributed by atoms with van der Waals surface area (Å²) in [6.07, 6.45) is 1.67. The van der Waals surface area contributed by atoms with E-state index in [1.54, 1.807) is 27.5 Å². The quantitative estimate of drug-likeness (QED) is 0.405. The van der Waals surface area contributed by atoms with Gasteiger partial charge in [-0.15, -0.1) is 0 Å². The van der Waals surface area contributed by atoms with E-state index in [0.29, 0.717) is 24.9 Å². The molecular formula is C25H32N4O3. The molecular weight excluding hydrogens is 404 g/mol. The van der Waals surface area contributed by atoms with Gasteiger partial charge in [-0.05, 0) is 36.8 Å². The van der Waals surface area contributed by atoms with E-state index >= 15 is 0 Å². The molecule has 1 heterocycles. The minimum Gasteiger partial charge on any atom is -0.493 e. The molecule has 1 aromatic heterocycles. The predicted molar refractivity (Wildman–Crippen MR) is 127 cm³/mol. The van der Waals surface area contributed by atoms with Crippen molar-refractivity contribution in [2.24, 2.45) is 4.99 Å². The van der Waals surface area contributed by atoms with Crippen LogP contribution in [-0.4, -0.2) is 38.8 Å². The van der Waals surface area contributed by atoms with Gasteiger partial charge in [0.05, 0.1) is 26.5 Å². The Morgan fingerprint density at radius 1 is 1.03 bits per heavy atom. The van der Waals surface area contributed by atoms with Gasteiger partial charge in [-0.2, -0.15) is 0 Å². The van der Waals surface area contributed by atoms with E-state index in [2.05, 4.69) is 47.4 Å². The summed E-state index contributed by atoms with van der Waals surface area (Å²) >= 11 is 0. The third-order valence-corrected chi connectivity index (χ3v) is 5.37. The highest BCUT2D eigenvalue weighted by atomic mass is 16.5. The van der Waals surface area contributed by atoms with Crippen LogP contribution in [-0.2, 0) is 12.0 Å². The number of rotatable bonds is 8. The highest BCUT2D eigenvalue weighted by Gasteiger charge is 2.23. The first kappa shape index (κ1) is 23.2. The van der Waals surface area contributed by atoms with Gasteiger partial charge >= 0.3 is 0 Å². The zero-order valence-electron chi connectivity index (χ0n) is 19.7. The van der Waals surface area contributed by atoms with Crippen LogP contribution in [0.3, 0.4) is 0 Å². The van der Waals surface area contributed by atoms with E-state index in [9.17, 15) is 0 Å². The molecule has 7 heteroatoms. The first-order valence-corrected chi connectivity index (χ1v) is 10.5. The number of nitrogens with zero attached hydrogens (tertiary/aromatic N) is 2. The van der Waals surface area contributed by atoms with E-state index in [-0.39, 0.29) is 5.41 Å². The van der Waals surface area contributed by atoms with E-state index in [1.807, 2.05) is 36.4 Å². The number of guanidine groups is 1. The maximum absolute atomic E-state index is 5.64. The zero-order chi connectivity index (χ0) is 23.1. The molecule has 170 valence electrons. The lowest BCUT2D eigenvalue weighted by molar-refractivity contribution is 0.353. The number of nitrogens with one attached hydrogen (secondary N) is 2. The number of oxazole rings is 1. The highest BCUT2D eigenvalue weighted by molar-refractivity contribution is 5.79. The van der Waals surface area contributed by atoms with Gasteiger partial charge in [-0.25, -0.2) is 4.98 Å². The largest absolute Gasteiger partial charge is 0.493 e. The highest BCUT2D eigenvalue weighted by Crippen LogP contribution is 2.32. The Bertz CT molecular complexity index is 1060. The molecule has 7 nitrogen and oxygen atoms in total. The van der Waals surface area contributed by atoms with Crippen molar-refractivity contribution in [1.82, 2.24) is 15.6 Å². The fourth-order valence-electron chi connectivity index (χ4n) is 3.28. The minimum absolute atomic E-state index is 0.163. The molecule has 0 amide bonds. The van der Waals surface area contributed by atoms with Gasteiger partial charge in [0.2, 0.25) is 5.89 Å². The van der Waals surface area contributed by atoms with Gasteiger partial charge in [0, 0.05) is 24.6 Å². The second kappa shape index (κ2) is 10.2. The summed E-state index contributed by atoms with van der Waals surface area (Å²) in [5.74, 6) is 2.74. The second-order valence-electron chi connectivity index (χ2n) is 8.24. The summed E-state index contributed by atoms with van der Waals surface area (Å²) in [7, 11) is 5.03. The molecule has 3 rings (SSSR count). The summed E-state index contributed by atoms with van der Waals surface area (Å²) in [6, 6.07) is 14.1. The molecule has 0 bridgehead atoms. The summed E-state index contributed by atoms with van der Waals surface area (Å²) in [4.78, 5) is 8.90. The first-order valence-electron chi connectivity index (χ1n) is 10.5. The van der Waals surface area contributed by atoms with Gasteiger partial charge in [0.1, 0.15) is 6.26 Å². The van der Waals surface area contributed by atoms with Gasteiger partial charge in [0.15, 0.2) is 17.5 Å². The molecule has 0 aliphatic carbocycles. The fraction of sp³-hybridized carbons (Fsp3) is 0.360. The van der Waals surface area contributed by atoms with Crippen LogP contribution in [0.15, 0.2) is 58.1 Å². The summed E-state index contributed by atoms with van der Waals surface area (Å²) in [5.41, 5.74) is 3.94. The Hall–Kier alpha value is -3.48. The molecule has 2 aromatic carbocycles. The number of hydrogen-bond acceptors (Lipinski definition) is 5. The molecule has 32 heavy (non-hydrogen) atoms. The SMILES string of the molecule is CN=C(NCc1coc(-c2ccc(C)cc2)n1)NCC(C)(C)c1ccc(OC)c(OC)c1. The Kier molecular flexibility index (Phi) is 7.41. The normalized spacial score (nSPS) is 11.9. The van der Waals surface area contributed by atoms with Gasteiger partial charge in [0.25, 0.3) is 0 Å². The third kappa shape index (κ3) is 5.60. The molecule has 0 radical (unpaired) electrons. The van der Waals surface area contributed by atoms with Crippen LogP contribution >= 0.6 is 0 Å². The maximum atomic E-state index is 5.64. The maximum Gasteiger partial charge on any atom is 0.226 e. The molecule has 0 saturated carbocycles. The van der Waals surface area contributed by atoms with Crippen molar-refractivity contribution in [3.63, 3.8) is 0 Å². The van der Waals surface area contributed by atoms with Crippen LogP contribution in [0.1, 0.15) is 30.7 Å².